The number of halogens is 3. The van der Waals surface area contributed by atoms with Crippen LogP contribution in [0.25, 0.3) is 0 Å². The van der Waals surface area contributed by atoms with Crippen LogP contribution in [0.5, 0.6) is 5.75 Å². The average molecular weight is 408 g/mol. The summed E-state index contributed by atoms with van der Waals surface area (Å²) in [6.07, 6.45) is -5.63. The second kappa shape index (κ2) is 8.14. The minimum atomic E-state index is -4.93. The van der Waals surface area contributed by atoms with Gasteiger partial charge in [-0.25, -0.2) is 0 Å². The number of hydrogen-bond acceptors (Lipinski definition) is 3. The second-order valence-electron chi connectivity index (χ2n) is 8.20. The zero-order valence-corrected chi connectivity index (χ0v) is 18.3. The van der Waals surface area contributed by atoms with Gasteiger partial charge in [-0.1, -0.05) is 12.1 Å². The summed E-state index contributed by atoms with van der Waals surface area (Å²) < 4.78 is 49.9. The molecule has 2 atom stereocenters. The zero-order chi connectivity index (χ0) is 20.3. The molecule has 0 aromatic heterocycles. The third-order valence-electron chi connectivity index (χ3n) is 3.16. The molecule has 1 aromatic carbocycles. The van der Waals surface area contributed by atoms with Crippen molar-refractivity contribution in [1.82, 2.24) is 5.32 Å². The summed E-state index contributed by atoms with van der Waals surface area (Å²) >= 11 is 0. The molecule has 1 rings (SSSR count). The van der Waals surface area contributed by atoms with E-state index in [0.717, 1.165) is 0 Å². The first-order valence-electron chi connectivity index (χ1n) is 8.43. The Kier molecular flexibility index (Phi) is 7.11. The highest BCUT2D eigenvalue weighted by Gasteiger charge is 2.40. The molecule has 0 heterocycles. The molecule has 0 aliphatic carbocycles. The second-order valence-corrected chi connectivity index (χ2v) is 17.1. The molecular weight excluding hydrogens is 379 g/mol. The molecule has 1 amide bonds. The van der Waals surface area contributed by atoms with Crippen molar-refractivity contribution in [2.75, 3.05) is 0 Å². The molecular formula is C17H28F3NO3Si2. The molecule has 0 bridgehead atoms. The van der Waals surface area contributed by atoms with Crippen LogP contribution in [-0.4, -0.2) is 34.8 Å². The van der Waals surface area contributed by atoms with Crippen molar-refractivity contribution >= 4 is 22.5 Å². The summed E-state index contributed by atoms with van der Waals surface area (Å²) in [5.41, 5.74) is 0.679. The lowest BCUT2D eigenvalue weighted by Gasteiger charge is -2.32. The Balaban J connectivity index is 3.14. The molecule has 0 radical (unpaired) electrons. The molecule has 1 N–H and O–H groups in total. The minimum Gasteiger partial charge on any atom is -0.544 e. The smallest absolute Gasteiger partial charge is 0.471 e. The van der Waals surface area contributed by atoms with Crippen LogP contribution in [-0.2, 0) is 9.22 Å². The number of carbonyl (C=O) groups is 1. The van der Waals surface area contributed by atoms with Crippen molar-refractivity contribution < 1.29 is 26.8 Å². The van der Waals surface area contributed by atoms with Gasteiger partial charge in [-0.3, -0.25) is 4.79 Å². The summed E-state index contributed by atoms with van der Waals surface area (Å²) in [5.74, 6) is -1.32. The molecule has 0 aliphatic rings. The molecule has 148 valence electrons. The summed E-state index contributed by atoms with van der Waals surface area (Å²) in [6, 6.07) is 6.30. The number of alkyl halides is 3. The summed E-state index contributed by atoms with van der Waals surface area (Å²) in [4.78, 5) is 11.3. The van der Waals surface area contributed by atoms with E-state index in [-0.39, 0.29) is 0 Å². The Morgan fingerprint density at radius 2 is 1.65 bits per heavy atom. The van der Waals surface area contributed by atoms with Crippen LogP contribution in [0.1, 0.15) is 18.6 Å². The highest BCUT2D eigenvalue weighted by atomic mass is 28.4. The van der Waals surface area contributed by atoms with Crippen LogP contribution in [0.4, 0.5) is 13.2 Å². The van der Waals surface area contributed by atoms with E-state index in [1.807, 2.05) is 50.7 Å². The largest absolute Gasteiger partial charge is 0.544 e. The van der Waals surface area contributed by atoms with Crippen molar-refractivity contribution in [2.45, 2.75) is 64.5 Å². The van der Waals surface area contributed by atoms with Crippen LogP contribution in [0, 0.1) is 0 Å². The molecule has 0 fully saturated rings. The summed E-state index contributed by atoms with van der Waals surface area (Å²) in [7, 11) is -3.92. The fourth-order valence-corrected chi connectivity index (χ4v) is 4.25. The predicted octanol–water partition coefficient (Wildman–Crippen LogP) is 4.86. The SMILES string of the molecule is CC(NC(=O)C(F)(F)F)C(O[Si](C)(C)C)c1cccc(O[Si](C)(C)C)c1. The fraction of sp³-hybridized carbons (Fsp3) is 0.588. The molecule has 26 heavy (non-hydrogen) atoms. The quantitative estimate of drug-likeness (QED) is 0.657. The van der Waals surface area contributed by atoms with Gasteiger partial charge in [-0.05, 0) is 63.9 Å². The van der Waals surface area contributed by atoms with Gasteiger partial charge in [0.2, 0.25) is 8.32 Å². The van der Waals surface area contributed by atoms with E-state index in [0.29, 0.717) is 11.3 Å². The van der Waals surface area contributed by atoms with Crippen molar-refractivity contribution in [3.63, 3.8) is 0 Å². The lowest BCUT2D eigenvalue weighted by atomic mass is 10.0. The number of carbonyl (C=O) groups excluding carboxylic acids is 1. The minimum absolute atomic E-state index is 0.653. The standard InChI is InChI=1S/C17H28F3NO3Si2/c1-12(21-16(22)17(18,19)20)15(24-26(5,6)7)13-9-8-10-14(11-13)23-25(2,3)4/h8-12,15H,1-7H3,(H,21,22). The first kappa shape index (κ1) is 22.7. The zero-order valence-electron chi connectivity index (χ0n) is 16.3. The Morgan fingerprint density at radius 3 is 2.12 bits per heavy atom. The van der Waals surface area contributed by atoms with E-state index < -0.39 is 40.9 Å². The number of hydrogen-bond donors (Lipinski definition) is 1. The van der Waals surface area contributed by atoms with Gasteiger partial charge < -0.3 is 14.2 Å². The number of amides is 1. The Bertz CT molecular complexity index is 625. The summed E-state index contributed by atoms with van der Waals surface area (Å²) in [6.45, 7) is 13.5. The lowest BCUT2D eigenvalue weighted by molar-refractivity contribution is -0.174. The van der Waals surface area contributed by atoms with Crippen LogP contribution in [0.2, 0.25) is 39.3 Å². The molecule has 4 nitrogen and oxygen atoms in total. The maximum atomic E-state index is 12.6. The Morgan fingerprint density at radius 1 is 1.08 bits per heavy atom. The highest BCUT2D eigenvalue weighted by Crippen LogP contribution is 2.30. The van der Waals surface area contributed by atoms with Crippen molar-refractivity contribution in [3.8, 4) is 5.75 Å². The van der Waals surface area contributed by atoms with E-state index in [1.165, 1.54) is 6.92 Å². The van der Waals surface area contributed by atoms with Crippen LogP contribution >= 0.6 is 0 Å². The molecule has 1 aromatic rings. The van der Waals surface area contributed by atoms with Gasteiger partial charge in [-0.2, -0.15) is 13.2 Å². The average Bonchev–Trinajstić information content (AvgIpc) is 2.41. The van der Waals surface area contributed by atoms with Gasteiger partial charge in [0.05, 0.1) is 12.1 Å². The molecule has 2 unspecified atom stereocenters. The first-order valence-corrected chi connectivity index (χ1v) is 15.2. The van der Waals surface area contributed by atoms with Gasteiger partial charge in [0.15, 0.2) is 8.32 Å². The molecule has 9 heteroatoms. The Labute approximate surface area is 155 Å². The third-order valence-corrected chi connectivity index (χ3v) is 4.97. The molecule has 0 aliphatic heterocycles. The molecule has 0 saturated heterocycles. The highest BCUT2D eigenvalue weighted by molar-refractivity contribution is 6.70. The van der Waals surface area contributed by atoms with Gasteiger partial charge in [0.25, 0.3) is 0 Å². The summed E-state index contributed by atoms with van der Waals surface area (Å²) in [5, 5.41) is 2.01. The van der Waals surface area contributed by atoms with E-state index in [1.54, 1.807) is 18.2 Å². The van der Waals surface area contributed by atoms with Gasteiger partial charge in [0, 0.05) is 0 Å². The maximum Gasteiger partial charge on any atom is 0.471 e. The van der Waals surface area contributed by atoms with Crippen LogP contribution in [0.15, 0.2) is 24.3 Å². The molecule has 0 saturated carbocycles. The van der Waals surface area contributed by atoms with Crippen molar-refractivity contribution in [2.24, 2.45) is 0 Å². The first-order chi connectivity index (χ1) is 11.6. The normalized spacial score (nSPS) is 15.3. The van der Waals surface area contributed by atoms with E-state index >= 15 is 0 Å². The fourth-order valence-electron chi connectivity index (χ4n) is 2.31. The van der Waals surface area contributed by atoms with E-state index in [9.17, 15) is 18.0 Å². The maximum absolute atomic E-state index is 12.6. The number of benzene rings is 1. The van der Waals surface area contributed by atoms with E-state index in [4.69, 9.17) is 8.85 Å². The van der Waals surface area contributed by atoms with Crippen molar-refractivity contribution in [3.05, 3.63) is 29.8 Å². The van der Waals surface area contributed by atoms with E-state index in [2.05, 4.69) is 0 Å². The van der Waals surface area contributed by atoms with Gasteiger partial charge >= 0.3 is 12.1 Å². The van der Waals surface area contributed by atoms with Gasteiger partial charge in [0.1, 0.15) is 5.75 Å². The molecule has 0 spiro atoms. The Hall–Kier alpha value is -1.33. The third kappa shape index (κ3) is 7.92. The number of nitrogens with one attached hydrogen (secondary N) is 1. The van der Waals surface area contributed by atoms with Crippen LogP contribution < -0.4 is 9.74 Å². The lowest BCUT2D eigenvalue weighted by Crippen LogP contribution is -2.46. The van der Waals surface area contributed by atoms with Crippen molar-refractivity contribution in [1.29, 1.82) is 0 Å². The van der Waals surface area contributed by atoms with Crippen LogP contribution in [0.3, 0.4) is 0 Å². The topological polar surface area (TPSA) is 47.6 Å². The number of rotatable bonds is 7. The monoisotopic (exact) mass is 407 g/mol. The predicted molar refractivity (Wildman–Crippen MR) is 101 cm³/mol. The van der Waals surface area contributed by atoms with Gasteiger partial charge in [-0.15, -0.1) is 0 Å².